The molecule has 0 bridgehead atoms. The topological polar surface area (TPSA) is 74.8 Å². The molecule has 3 heterocycles. The lowest BCUT2D eigenvalue weighted by molar-refractivity contribution is 1.05. The summed E-state index contributed by atoms with van der Waals surface area (Å²) in [6.45, 7) is 0. The number of fused-ring (bicyclic) bond motifs is 8. The van der Waals surface area contributed by atoms with E-state index in [1.54, 1.807) is 0 Å². The number of hydrogen-bond acceptors (Lipinski definition) is 2. The highest BCUT2D eigenvalue weighted by Gasteiger charge is 2.19. The van der Waals surface area contributed by atoms with Crippen LogP contribution >= 0.6 is 0 Å². The summed E-state index contributed by atoms with van der Waals surface area (Å²) in [5.41, 5.74) is 13.1. The SMILES string of the molecule is N=C(/N=c1/nc(-c2ccccc2)c2ccccc2[nH]1)c1ccc2cc(-n3c4ccccc4c4cc5c(cc43)c3ccccc3n5-c3cccc(-c4ccccc4)c3)ccc2c1. The maximum atomic E-state index is 9.06. The van der Waals surface area contributed by atoms with Crippen molar-refractivity contribution in [1.29, 1.82) is 5.41 Å². The molecule has 0 aliphatic carbocycles. The van der Waals surface area contributed by atoms with Crippen LogP contribution in [0.25, 0.3) is 99.0 Å². The third-order valence-electron chi connectivity index (χ3n) is 11.9. The standard InChI is InChI=1S/C55H36N6/c56-54(59-55-57-48-23-10-7-22-45(48)53(58-55)36-16-5-2-6-17-36)40-27-26-39-32-42(29-28-38(39)30-40)61-50-25-12-9-21-44(50)47-33-51-46(34-52(47)61)43-20-8-11-24-49(43)60(51)41-19-13-18-37(31-41)35-14-3-1-4-15-35/h1-34H,(H2,56,57,58,59). The van der Waals surface area contributed by atoms with Crippen LogP contribution in [0.1, 0.15) is 5.56 Å². The van der Waals surface area contributed by atoms with Crippen LogP contribution in [0, 0.1) is 5.41 Å². The maximum absolute atomic E-state index is 9.06. The number of rotatable bonds is 5. The highest BCUT2D eigenvalue weighted by atomic mass is 15.0. The van der Waals surface area contributed by atoms with Crippen LogP contribution in [-0.4, -0.2) is 24.9 Å². The Balaban J connectivity index is 0.972. The Kier molecular flexibility index (Phi) is 7.90. The normalized spacial score (nSPS) is 12.1. The summed E-state index contributed by atoms with van der Waals surface area (Å²) in [5, 5.41) is 17.0. The first kappa shape index (κ1) is 34.7. The number of hydrogen-bond donors (Lipinski definition) is 2. The number of aromatic nitrogens is 4. The second kappa shape index (κ2) is 13.9. The molecule has 3 aromatic heterocycles. The molecule has 0 radical (unpaired) electrons. The fourth-order valence-electron chi connectivity index (χ4n) is 9.11. The molecule has 12 rings (SSSR count). The second-order valence-electron chi connectivity index (χ2n) is 15.5. The van der Waals surface area contributed by atoms with E-state index in [2.05, 4.69) is 160 Å². The Morgan fingerprint density at radius 3 is 1.69 bits per heavy atom. The molecule has 12 aromatic rings. The number of nitrogens with zero attached hydrogens (tertiary/aromatic N) is 4. The monoisotopic (exact) mass is 780 g/mol. The number of nitrogens with one attached hydrogen (secondary N) is 2. The zero-order valence-electron chi connectivity index (χ0n) is 32.9. The Morgan fingerprint density at radius 2 is 0.984 bits per heavy atom. The highest BCUT2D eigenvalue weighted by Crippen LogP contribution is 2.40. The predicted molar refractivity (Wildman–Crippen MR) is 252 cm³/mol. The number of aromatic amines is 1. The maximum Gasteiger partial charge on any atom is 0.229 e. The van der Waals surface area contributed by atoms with Crippen molar-refractivity contribution in [2.45, 2.75) is 0 Å². The summed E-state index contributed by atoms with van der Waals surface area (Å²) >= 11 is 0. The Labute approximate surface area is 350 Å². The summed E-state index contributed by atoms with van der Waals surface area (Å²) in [7, 11) is 0. The number of H-pyrrole nitrogens is 1. The third kappa shape index (κ3) is 5.76. The van der Waals surface area contributed by atoms with Gasteiger partial charge in [-0.3, -0.25) is 5.41 Å². The molecule has 0 fully saturated rings. The van der Waals surface area contributed by atoms with E-state index in [0.717, 1.165) is 60.9 Å². The van der Waals surface area contributed by atoms with Crippen LogP contribution in [0.3, 0.4) is 0 Å². The summed E-state index contributed by atoms with van der Waals surface area (Å²) in [6, 6.07) is 72.5. The van der Waals surface area contributed by atoms with E-state index < -0.39 is 0 Å². The summed E-state index contributed by atoms with van der Waals surface area (Å²) in [4.78, 5) is 12.9. The third-order valence-corrected chi connectivity index (χ3v) is 11.9. The van der Waals surface area contributed by atoms with Crippen molar-refractivity contribution >= 4 is 71.1 Å². The van der Waals surface area contributed by atoms with Gasteiger partial charge in [0, 0.05) is 49.4 Å². The van der Waals surface area contributed by atoms with E-state index in [0.29, 0.717) is 5.62 Å². The van der Waals surface area contributed by atoms with E-state index in [4.69, 9.17) is 15.4 Å². The lowest BCUT2D eigenvalue weighted by Gasteiger charge is -2.11. The first-order chi connectivity index (χ1) is 30.1. The molecule has 6 heteroatoms. The summed E-state index contributed by atoms with van der Waals surface area (Å²) in [5.74, 6) is 0.140. The van der Waals surface area contributed by atoms with E-state index >= 15 is 0 Å². The highest BCUT2D eigenvalue weighted by molar-refractivity contribution is 6.19. The molecule has 0 saturated heterocycles. The van der Waals surface area contributed by atoms with Gasteiger partial charge in [0.05, 0.1) is 33.3 Å². The first-order valence-electron chi connectivity index (χ1n) is 20.5. The average Bonchev–Trinajstić information content (AvgIpc) is 3.82. The lowest BCUT2D eigenvalue weighted by atomic mass is 10.1. The van der Waals surface area contributed by atoms with E-state index in [1.165, 1.54) is 43.7 Å². The Bertz CT molecular complexity index is 3780. The number of amidine groups is 1. The van der Waals surface area contributed by atoms with Crippen molar-refractivity contribution in [2.75, 3.05) is 0 Å². The van der Waals surface area contributed by atoms with E-state index in [-0.39, 0.29) is 5.84 Å². The number of benzene rings is 9. The van der Waals surface area contributed by atoms with Gasteiger partial charge in [0.25, 0.3) is 0 Å². The summed E-state index contributed by atoms with van der Waals surface area (Å²) < 4.78 is 4.80. The van der Waals surface area contributed by atoms with Gasteiger partial charge in [-0.1, -0.05) is 146 Å². The molecule has 0 spiro atoms. The average molecular weight is 781 g/mol. The van der Waals surface area contributed by atoms with Crippen molar-refractivity contribution in [3.8, 4) is 33.8 Å². The van der Waals surface area contributed by atoms with Gasteiger partial charge in [-0.25, -0.2) is 4.98 Å². The van der Waals surface area contributed by atoms with Gasteiger partial charge in [0.2, 0.25) is 5.62 Å². The van der Waals surface area contributed by atoms with E-state index in [1.807, 2.05) is 60.7 Å². The molecular formula is C55H36N6. The van der Waals surface area contributed by atoms with Gasteiger partial charge in [0.15, 0.2) is 5.84 Å². The van der Waals surface area contributed by atoms with Crippen molar-refractivity contribution in [3.05, 3.63) is 217 Å². The molecule has 2 N–H and O–H groups in total. The van der Waals surface area contributed by atoms with Crippen LogP contribution in [0.2, 0.25) is 0 Å². The van der Waals surface area contributed by atoms with Crippen LogP contribution < -0.4 is 5.62 Å². The molecular weight excluding hydrogens is 745 g/mol. The van der Waals surface area contributed by atoms with Crippen LogP contribution in [0.5, 0.6) is 0 Å². The molecule has 9 aromatic carbocycles. The van der Waals surface area contributed by atoms with Gasteiger partial charge >= 0.3 is 0 Å². The first-order valence-corrected chi connectivity index (χ1v) is 20.5. The quantitative estimate of drug-likeness (QED) is 0.132. The number of para-hydroxylation sites is 3. The molecule has 0 saturated carbocycles. The molecule has 0 aliphatic heterocycles. The van der Waals surface area contributed by atoms with Crippen molar-refractivity contribution in [1.82, 2.24) is 19.1 Å². The van der Waals surface area contributed by atoms with E-state index in [9.17, 15) is 0 Å². The fraction of sp³-hybridized carbons (Fsp3) is 0. The zero-order chi connectivity index (χ0) is 40.4. The largest absolute Gasteiger partial charge is 0.323 e. The Morgan fingerprint density at radius 1 is 0.426 bits per heavy atom. The van der Waals surface area contributed by atoms with Gasteiger partial charge in [-0.2, -0.15) is 4.99 Å². The molecule has 0 aliphatic rings. The van der Waals surface area contributed by atoms with Gasteiger partial charge in [0.1, 0.15) is 0 Å². The van der Waals surface area contributed by atoms with Crippen molar-refractivity contribution in [3.63, 3.8) is 0 Å². The minimum absolute atomic E-state index is 0.140. The minimum Gasteiger partial charge on any atom is -0.323 e. The smallest absolute Gasteiger partial charge is 0.229 e. The lowest BCUT2D eigenvalue weighted by Crippen LogP contribution is -2.17. The van der Waals surface area contributed by atoms with Gasteiger partial charge in [-0.05, 0) is 82.6 Å². The molecule has 0 atom stereocenters. The summed E-state index contributed by atoms with van der Waals surface area (Å²) in [6.07, 6.45) is 0. The van der Waals surface area contributed by atoms with Gasteiger partial charge in [-0.15, -0.1) is 0 Å². The van der Waals surface area contributed by atoms with Crippen LogP contribution in [-0.2, 0) is 0 Å². The molecule has 0 unspecified atom stereocenters. The van der Waals surface area contributed by atoms with Gasteiger partial charge < -0.3 is 14.1 Å². The van der Waals surface area contributed by atoms with Crippen molar-refractivity contribution in [2.24, 2.45) is 4.99 Å². The molecule has 61 heavy (non-hydrogen) atoms. The van der Waals surface area contributed by atoms with Crippen LogP contribution in [0.15, 0.2) is 211 Å². The molecule has 286 valence electrons. The van der Waals surface area contributed by atoms with Crippen molar-refractivity contribution < 1.29 is 0 Å². The second-order valence-corrected chi connectivity index (χ2v) is 15.5. The van der Waals surface area contributed by atoms with Crippen LogP contribution in [0.4, 0.5) is 0 Å². The fourth-order valence-corrected chi connectivity index (χ4v) is 9.11. The Hall–Kier alpha value is -8.35. The predicted octanol–water partition coefficient (Wildman–Crippen LogP) is 13.2. The molecule has 6 nitrogen and oxygen atoms in total. The zero-order valence-corrected chi connectivity index (χ0v) is 32.9. The molecule has 0 amide bonds. The minimum atomic E-state index is 0.140.